The van der Waals surface area contributed by atoms with Gasteiger partial charge in [0.2, 0.25) is 5.91 Å². The largest absolute Gasteiger partial charge is 0.373 e. The van der Waals surface area contributed by atoms with Gasteiger partial charge < -0.3 is 15.4 Å². The van der Waals surface area contributed by atoms with Gasteiger partial charge in [-0.05, 0) is 51.0 Å². The molecule has 166 valence electrons. The first-order valence-electron chi connectivity index (χ1n) is 10.9. The van der Waals surface area contributed by atoms with Gasteiger partial charge in [0.15, 0.2) is 0 Å². The minimum atomic E-state index is -0.238. The second-order valence-corrected chi connectivity index (χ2v) is 8.56. The molecule has 3 rings (SSSR count). The fourth-order valence-corrected chi connectivity index (χ4v) is 4.16. The first kappa shape index (κ1) is 23.0. The van der Waals surface area contributed by atoms with Gasteiger partial charge in [0.25, 0.3) is 5.91 Å². The van der Waals surface area contributed by atoms with Gasteiger partial charge in [0.1, 0.15) is 0 Å². The second kappa shape index (κ2) is 10.6. The van der Waals surface area contributed by atoms with Crippen molar-refractivity contribution in [3.63, 3.8) is 0 Å². The number of ether oxygens (including phenoxy) is 1. The lowest BCUT2D eigenvalue weighted by molar-refractivity contribution is -0.120. The van der Waals surface area contributed by atoms with Gasteiger partial charge in [0, 0.05) is 31.7 Å². The second-order valence-electron chi connectivity index (χ2n) is 8.56. The van der Waals surface area contributed by atoms with Crippen molar-refractivity contribution in [2.75, 3.05) is 19.6 Å². The highest BCUT2D eigenvalue weighted by Gasteiger charge is 2.22. The van der Waals surface area contributed by atoms with Crippen LogP contribution < -0.4 is 10.6 Å². The van der Waals surface area contributed by atoms with Crippen LogP contribution in [-0.2, 0) is 22.6 Å². The predicted octanol–water partition coefficient (Wildman–Crippen LogP) is 2.96. The van der Waals surface area contributed by atoms with Crippen molar-refractivity contribution in [2.24, 2.45) is 0 Å². The van der Waals surface area contributed by atoms with Crippen LogP contribution >= 0.6 is 0 Å². The van der Waals surface area contributed by atoms with Crippen molar-refractivity contribution in [3.8, 4) is 0 Å². The maximum absolute atomic E-state index is 12.3. The van der Waals surface area contributed by atoms with E-state index < -0.39 is 0 Å². The minimum absolute atomic E-state index is 0.0491. The summed E-state index contributed by atoms with van der Waals surface area (Å²) in [7, 11) is 0. The van der Waals surface area contributed by atoms with Crippen LogP contribution in [0.5, 0.6) is 0 Å². The Morgan fingerprint density at radius 2 is 1.58 bits per heavy atom. The number of nitrogens with zero attached hydrogens (tertiary/aromatic N) is 1. The summed E-state index contributed by atoms with van der Waals surface area (Å²) >= 11 is 0. The average Bonchev–Trinajstić information content (AvgIpc) is 2.70. The maximum Gasteiger partial charge on any atom is 0.251 e. The van der Waals surface area contributed by atoms with E-state index in [2.05, 4.69) is 35.4 Å². The molecule has 0 spiro atoms. The van der Waals surface area contributed by atoms with Crippen LogP contribution in [0.15, 0.2) is 42.5 Å². The number of carbonyl (C=O) groups is 2. The molecular weight excluding hydrogens is 390 g/mol. The third-order valence-corrected chi connectivity index (χ3v) is 5.38. The van der Waals surface area contributed by atoms with Crippen LogP contribution in [0, 0.1) is 13.8 Å². The molecule has 0 aliphatic carbocycles. The molecule has 2 aromatic carbocycles. The Bertz CT molecular complexity index is 898. The monoisotopic (exact) mass is 423 g/mol. The first-order chi connectivity index (χ1) is 14.8. The van der Waals surface area contributed by atoms with Gasteiger partial charge in [-0.2, -0.15) is 0 Å². The highest BCUT2D eigenvalue weighted by Crippen LogP contribution is 2.17. The molecule has 2 atom stereocenters. The van der Waals surface area contributed by atoms with E-state index >= 15 is 0 Å². The maximum atomic E-state index is 12.3. The number of hydrogen-bond acceptors (Lipinski definition) is 4. The van der Waals surface area contributed by atoms with Crippen LogP contribution in [0.3, 0.4) is 0 Å². The molecule has 2 amide bonds. The van der Waals surface area contributed by atoms with E-state index in [-0.39, 0.29) is 30.6 Å². The van der Waals surface area contributed by atoms with E-state index in [0.29, 0.717) is 12.1 Å². The molecule has 6 heteroatoms. The van der Waals surface area contributed by atoms with Gasteiger partial charge >= 0.3 is 0 Å². The van der Waals surface area contributed by atoms with E-state index in [1.54, 1.807) is 0 Å². The van der Waals surface area contributed by atoms with E-state index in [9.17, 15) is 9.59 Å². The van der Waals surface area contributed by atoms with Crippen LogP contribution in [-0.4, -0.2) is 48.6 Å². The van der Waals surface area contributed by atoms with Gasteiger partial charge in [-0.3, -0.25) is 14.5 Å². The Balaban J connectivity index is 1.51. The van der Waals surface area contributed by atoms with E-state index in [1.807, 2.05) is 50.2 Å². The number of carbonyl (C=O) groups excluding carboxylic acids is 2. The SMILES string of the molecule is Cc1cc(C)cc(C(=O)NCC(=O)NCc2ccccc2CN2CC(C)OC(C)C2)c1. The molecule has 1 aliphatic rings. The molecule has 2 aromatic rings. The highest BCUT2D eigenvalue weighted by molar-refractivity contribution is 5.96. The molecule has 0 aromatic heterocycles. The third-order valence-electron chi connectivity index (χ3n) is 5.38. The molecule has 1 fully saturated rings. The van der Waals surface area contributed by atoms with Gasteiger partial charge in [0.05, 0.1) is 18.8 Å². The molecule has 0 radical (unpaired) electrons. The van der Waals surface area contributed by atoms with Crippen molar-refractivity contribution < 1.29 is 14.3 Å². The molecule has 6 nitrogen and oxygen atoms in total. The predicted molar refractivity (Wildman–Crippen MR) is 122 cm³/mol. The normalized spacial score (nSPS) is 19.1. The molecule has 2 unspecified atom stereocenters. The summed E-state index contributed by atoms with van der Waals surface area (Å²) in [6.45, 7) is 11.1. The molecule has 0 bridgehead atoms. The lowest BCUT2D eigenvalue weighted by atomic mass is 10.1. The average molecular weight is 424 g/mol. The van der Waals surface area contributed by atoms with Crippen molar-refractivity contribution >= 4 is 11.8 Å². The lowest BCUT2D eigenvalue weighted by Gasteiger charge is -2.35. The van der Waals surface area contributed by atoms with Crippen LogP contribution in [0.1, 0.15) is 46.5 Å². The molecule has 2 N–H and O–H groups in total. The smallest absolute Gasteiger partial charge is 0.251 e. The third kappa shape index (κ3) is 6.91. The Morgan fingerprint density at radius 1 is 0.968 bits per heavy atom. The van der Waals surface area contributed by atoms with Crippen molar-refractivity contribution in [1.82, 2.24) is 15.5 Å². The van der Waals surface area contributed by atoms with E-state index in [4.69, 9.17) is 4.74 Å². The lowest BCUT2D eigenvalue weighted by Crippen LogP contribution is -2.45. The highest BCUT2D eigenvalue weighted by atomic mass is 16.5. The number of nitrogens with one attached hydrogen (secondary N) is 2. The van der Waals surface area contributed by atoms with Crippen LogP contribution in [0.2, 0.25) is 0 Å². The number of rotatable bonds is 7. The summed E-state index contributed by atoms with van der Waals surface area (Å²) in [5.74, 6) is -0.445. The fraction of sp³-hybridized carbons (Fsp3) is 0.440. The van der Waals surface area contributed by atoms with Crippen molar-refractivity contribution in [3.05, 3.63) is 70.3 Å². The summed E-state index contributed by atoms with van der Waals surface area (Å²) < 4.78 is 5.82. The zero-order valence-corrected chi connectivity index (χ0v) is 18.9. The summed E-state index contributed by atoms with van der Waals surface area (Å²) in [4.78, 5) is 27.1. The summed E-state index contributed by atoms with van der Waals surface area (Å²) in [5.41, 5.74) is 4.90. The number of aryl methyl sites for hydroxylation is 2. The summed E-state index contributed by atoms with van der Waals surface area (Å²) in [6, 6.07) is 13.8. The van der Waals surface area contributed by atoms with Gasteiger partial charge in [-0.25, -0.2) is 0 Å². The number of hydrogen-bond donors (Lipinski definition) is 2. The van der Waals surface area contributed by atoms with Crippen LogP contribution in [0.25, 0.3) is 0 Å². The van der Waals surface area contributed by atoms with Crippen molar-refractivity contribution in [2.45, 2.75) is 53.0 Å². The fourth-order valence-electron chi connectivity index (χ4n) is 4.16. The summed E-state index contributed by atoms with van der Waals surface area (Å²) in [6.07, 6.45) is 0.438. The summed E-state index contributed by atoms with van der Waals surface area (Å²) in [5, 5.41) is 5.63. The molecule has 31 heavy (non-hydrogen) atoms. The van der Waals surface area contributed by atoms with Gasteiger partial charge in [-0.15, -0.1) is 0 Å². The van der Waals surface area contributed by atoms with Crippen molar-refractivity contribution in [1.29, 1.82) is 0 Å². The molecule has 1 saturated heterocycles. The Labute approximate surface area is 185 Å². The molecule has 1 heterocycles. The molecule has 0 saturated carbocycles. The Kier molecular flexibility index (Phi) is 7.82. The number of benzene rings is 2. The van der Waals surface area contributed by atoms with Crippen LogP contribution in [0.4, 0.5) is 0 Å². The standard InChI is InChI=1S/C25H33N3O3/c1-17-9-18(2)11-23(10-17)25(30)27-13-24(29)26-12-21-7-5-6-8-22(21)16-28-14-19(3)31-20(4)15-28/h5-11,19-20H,12-16H2,1-4H3,(H,26,29)(H,27,30). The van der Waals surface area contributed by atoms with Gasteiger partial charge in [-0.1, -0.05) is 41.5 Å². The van der Waals surface area contributed by atoms with E-state index in [1.165, 1.54) is 5.56 Å². The zero-order chi connectivity index (χ0) is 22.4. The first-order valence-corrected chi connectivity index (χ1v) is 10.9. The minimum Gasteiger partial charge on any atom is -0.373 e. The molecule has 1 aliphatic heterocycles. The number of morpholine rings is 1. The number of amides is 2. The zero-order valence-electron chi connectivity index (χ0n) is 18.9. The quantitative estimate of drug-likeness (QED) is 0.718. The Morgan fingerprint density at radius 3 is 2.23 bits per heavy atom. The topological polar surface area (TPSA) is 70.7 Å². The Hall–Kier alpha value is -2.70. The van der Waals surface area contributed by atoms with E-state index in [0.717, 1.165) is 36.3 Å². The molecular formula is C25H33N3O3.